The molecule has 0 saturated carbocycles. The Balaban J connectivity index is 0.00000312. The first-order valence-corrected chi connectivity index (χ1v) is 8.20. The van der Waals surface area contributed by atoms with Crippen LogP contribution in [0.25, 0.3) is 0 Å². The van der Waals surface area contributed by atoms with E-state index in [-0.39, 0.29) is 57.9 Å². The van der Waals surface area contributed by atoms with Gasteiger partial charge in [0.25, 0.3) is 0 Å². The van der Waals surface area contributed by atoms with Gasteiger partial charge in [0.05, 0.1) is 18.1 Å². The number of aliphatic hydroxyl groups excluding tert-OH is 1. The van der Waals surface area contributed by atoms with Crippen LogP contribution in [0.3, 0.4) is 0 Å². The van der Waals surface area contributed by atoms with Crippen LogP contribution in [0, 0.1) is 13.8 Å². The number of hydrogen-bond donors (Lipinski definition) is 2. The van der Waals surface area contributed by atoms with Gasteiger partial charge in [-0.2, -0.15) is 0 Å². The van der Waals surface area contributed by atoms with Crippen LogP contribution in [-0.4, -0.2) is 17.6 Å². The summed E-state index contributed by atoms with van der Waals surface area (Å²) in [5.74, 6) is -1.25. The molecular weight excluding hydrogens is 388 g/mol. The molecule has 2 aromatic rings. The molecule has 2 rings (SSSR count). The van der Waals surface area contributed by atoms with E-state index in [4.69, 9.17) is 23.2 Å². The van der Waals surface area contributed by atoms with Crippen molar-refractivity contribution in [3.05, 3.63) is 68.7 Å². The molecule has 0 bridgehead atoms. The Morgan fingerprint density at radius 2 is 1.88 bits per heavy atom. The molecule has 25 heavy (non-hydrogen) atoms. The third kappa shape index (κ3) is 6.02. The molecule has 7 heteroatoms. The number of carboxylic acid groups (broad SMARTS) is 1. The third-order valence-corrected chi connectivity index (χ3v) is 4.59. The fourth-order valence-electron chi connectivity index (χ4n) is 2.52. The molecule has 0 spiro atoms. The number of aryl methyl sites for hydroxylation is 1. The summed E-state index contributed by atoms with van der Waals surface area (Å²) >= 11 is 11.9. The Morgan fingerprint density at radius 3 is 2.48 bits per heavy atom. The summed E-state index contributed by atoms with van der Waals surface area (Å²) in [5.41, 5.74) is 2.95. The van der Waals surface area contributed by atoms with Gasteiger partial charge in [0.15, 0.2) is 0 Å². The minimum atomic E-state index is -1.25. The van der Waals surface area contributed by atoms with Gasteiger partial charge in [0, 0.05) is 22.2 Å². The van der Waals surface area contributed by atoms with Gasteiger partial charge >= 0.3 is 51.4 Å². The van der Waals surface area contributed by atoms with Crippen LogP contribution >= 0.6 is 23.2 Å². The number of benzene rings is 2. The average molecular weight is 406 g/mol. The molecular formula is C18H18Cl2KNO3. The van der Waals surface area contributed by atoms with Crippen LogP contribution in [-0.2, 0) is 4.79 Å². The van der Waals surface area contributed by atoms with Crippen LogP contribution in [0.15, 0.2) is 36.4 Å². The van der Waals surface area contributed by atoms with Gasteiger partial charge in [0.2, 0.25) is 0 Å². The van der Waals surface area contributed by atoms with E-state index in [0.29, 0.717) is 21.2 Å². The predicted octanol–water partition coefficient (Wildman–Crippen LogP) is -0.272. The van der Waals surface area contributed by atoms with Crippen molar-refractivity contribution in [1.29, 1.82) is 0 Å². The van der Waals surface area contributed by atoms with Crippen LogP contribution in [0.4, 0.5) is 0 Å². The molecule has 2 N–H and O–H groups in total. The van der Waals surface area contributed by atoms with Crippen LogP contribution in [0.2, 0.25) is 10.0 Å². The molecule has 0 aliphatic rings. The summed E-state index contributed by atoms with van der Waals surface area (Å²) in [4.78, 5) is 11.5. The predicted molar refractivity (Wildman–Crippen MR) is 93.1 cm³/mol. The maximum absolute atomic E-state index is 11.5. The first kappa shape index (κ1) is 23.1. The zero-order valence-electron chi connectivity index (χ0n) is 14.3. The minimum absolute atomic E-state index is 0. The number of carboxylic acids is 1. The zero-order chi connectivity index (χ0) is 17.9. The standard InChI is InChI=1S/C18H19Cl2NO3.K/c1-10-4-3-5-13(11(10)2)17(18(23)24)21-9-16(22)14-7-6-12(19)8-15(14)20;/h3-8,16-17,21-22H,9H2,1-2H3,(H,23,24);/q;+1/p-1/t16-,17?;/m0./s1. The van der Waals surface area contributed by atoms with Crippen molar-refractivity contribution in [1.82, 2.24) is 5.32 Å². The van der Waals surface area contributed by atoms with E-state index in [1.165, 1.54) is 6.07 Å². The molecule has 0 radical (unpaired) electrons. The summed E-state index contributed by atoms with van der Waals surface area (Å²) in [6.45, 7) is 3.77. The number of halogens is 2. The smallest absolute Gasteiger partial charge is 0.548 e. The number of aliphatic hydroxyl groups is 1. The van der Waals surface area contributed by atoms with Crippen LogP contribution in [0.5, 0.6) is 0 Å². The first-order chi connectivity index (χ1) is 11.3. The average Bonchev–Trinajstić information content (AvgIpc) is 2.51. The van der Waals surface area contributed by atoms with E-state index in [2.05, 4.69) is 5.32 Å². The second-order valence-electron chi connectivity index (χ2n) is 5.63. The number of hydrogen-bond acceptors (Lipinski definition) is 4. The van der Waals surface area contributed by atoms with Gasteiger partial charge < -0.3 is 20.3 Å². The van der Waals surface area contributed by atoms with Crippen molar-refractivity contribution in [3.63, 3.8) is 0 Å². The van der Waals surface area contributed by atoms with Gasteiger partial charge in [-0.25, -0.2) is 0 Å². The van der Waals surface area contributed by atoms with E-state index in [0.717, 1.165) is 11.1 Å². The Bertz CT molecular complexity index is 755. The molecule has 0 saturated heterocycles. The SMILES string of the molecule is Cc1cccc(C(NC[C@H](O)c2ccc(Cl)cc2Cl)C(=O)[O-])c1C.[K+]. The van der Waals surface area contributed by atoms with Gasteiger partial charge in [-0.15, -0.1) is 0 Å². The molecule has 1 unspecified atom stereocenters. The number of rotatable bonds is 6. The molecule has 2 atom stereocenters. The second kappa shape index (κ2) is 10.4. The Morgan fingerprint density at radius 1 is 1.20 bits per heavy atom. The molecule has 0 aliphatic heterocycles. The largest absolute Gasteiger partial charge is 1.00 e. The number of carbonyl (C=O) groups is 1. The molecule has 0 amide bonds. The normalized spacial score (nSPS) is 13.0. The van der Waals surface area contributed by atoms with Crippen LogP contribution < -0.4 is 61.8 Å². The number of carbonyl (C=O) groups excluding carboxylic acids is 1. The van der Waals surface area contributed by atoms with Gasteiger partial charge in [-0.3, -0.25) is 0 Å². The van der Waals surface area contributed by atoms with E-state index in [1.54, 1.807) is 24.3 Å². The van der Waals surface area contributed by atoms with Crippen molar-refractivity contribution in [2.24, 2.45) is 0 Å². The fourth-order valence-corrected chi connectivity index (χ4v) is 3.05. The maximum Gasteiger partial charge on any atom is 1.00 e. The molecule has 0 heterocycles. The molecule has 4 nitrogen and oxygen atoms in total. The topological polar surface area (TPSA) is 72.4 Å². The maximum atomic E-state index is 11.5. The first-order valence-electron chi connectivity index (χ1n) is 7.44. The Kier molecular flexibility index (Phi) is 9.60. The molecule has 0 aliphatic carbocycles. The summed E-state index contributed by atoms with van der Waals surface area (Å²) in [5, 5.41) is 25.4. The monoisotopic (exact) mass is 405 g/mol. The van der Waals surface area contributed by atoms with E-state index >= 15 is 0 Å². The van der Waals surface area contributed by atoms with Crippen molar-refractivity contribution in [3.8, 4) is 0 Å². The molecule has 0 fully saturated rings. The fraction of sp³-hybridized carbons (Fsp3) is 0.278. The Hall–Kier alpha value is 0.0464. The summed E-state index contributed by atoms with van der Waals surface area (Å²) in [6, 6.07) is 9.18. The zero-order valence-corrected chi connectivity index (χ0v) is 19.0. The quantitative estimate of drug-likeness (QED) is 0.648. The van der Waals surface area contributed by atoms with Crippen molar-refractivity contribution >= 4 is 29.2 Å². The summed E-state index contributed by atoms with van der Waals surface area (Å²) < 4.78 is 0. The number of aliphatic carboxylic acids is 1. The van der Waals surface area contributed by atoms with Gasteiger partial charge in [0.1, 0.15) is 0 Å². The number of nitrogens with one attached hydrogen (secondary N) is 1. The second-order valence-corrected chi connectivity index (χ2v) is 6.47. The van der Waals surface area contributed by atoms with Gasteiger partial charge in [-0.1, -0.05) is 47.5 Å². The van der Waals surface area contributed by atoms with Crippen molar-refractivity contribution < 1.29 is 66.4 Å². The summed E-state index contributed by atoms with van der Waals surface area (Å²) in [7, 11) is 0. The molecule has 128 valence electrons. The molecule has 2 aromatic carbocycles. The van der Waals surface area contributed by atoms with E-state index in [1.807, 2.05) is 19.9 Å². The van der Waals surface area contributed by atoms with Crippen molar-refractivity contribution in [2.45, 2.75) is 26.0 Å². The molecule has 0 aromatic heterocycles. The Labute approximate surface area is 200 Å². The van der Waals surface area contributed by atoms with Gasteiger partial charge in [-0.05, 0) is 42.7 Å². The minimum Gasteiger partial charge on any atom is -0.548 e. The summed E-state index contributed by atoms with van der Waals surface area (Å²) in [6.07, 6.45) is -0.971. The van der Waals surface area contributed by atoms with Crippen LogP contribution in [0.1, 0.15) is 34.4 Å². The van der Waals surface area contributed by atoms with E-state index < -0.39 is 18.1 Å². The van der Waals surface area contributed by atoms with E-state index in [9.17, 15) is 15.0 Å². The van der Waals surface area contributed by atoms with Crippen molar-refractivity contribution in [2.75, 3.05) is 6.54 Å². The third-order valence-electron chi connectivity index (χ3n) is 4.03.